The molecule has 0 saturated carbocycles. The van der Waals surface area contributed by atoms with Crippen LogP contribution < -0.4 is 5.32 Å². The number of nitrogens with zero attached hydrogens (tertiary/aromatic N) is 2. The van der Waals surface area contributed by atoms with Crippen LogP contribution in [0.1, 0.15) is 40.0 Å². The minimum Gasteiger partial charge on any atom is -0.379 e. The quantitative estimate of drug-likeness (QED) is 0.744. The SMILES string of the molecule is O=C(N[C@@H]1COC[C@H]1Cc1ccnc2ccccc12)c1cnc2c(c1)CCCC2. The molecule has 5 heteroatoms. The van der Waals surface area contributed by atoms with E-state index in [0.29, 0.717) is 18.8 Å². The molecule has 1 N–H and O–H groups in total. The van der Waals surface area contributed by atoms with Crippen molar-refractivity contribution in [2.75, 3.05) is 13.2 Å². The van der Waals surface area contributed by atoms with Gasteiger partial charge < -0.3 is 10.1 Å². The van der Waals surface area contributed by atoms with Crippen molar-refractivity contribution in [1.82, 2.24) is 15.3 Å². The Bertz CT molecular complexity index is 1040. The molecule has 2 aromatic heterocycles. The lowest BCUT2D eigenvalue weighted by atomic mass is 9.92. The number of aromatic nitrogens is 2. The molecule has 5 rings (SSSR count). The van der Waals surface area contributed by atoms with Crippen LogP contribution >= 0.6 is 0 Å². The van der Waals surface area contributed by atoms with Gasteiger partial charge in [-0.25, -0.2) is 0 Å². The van der Waals surface area contributed by atoms with Gasteiger partial charge in [-0.3, -0.25) is 14.8 Å². The largest absolute Gasteiger partial charge is 0.379 e. The Morgan fingerprint density at radius 3 is 2.97 bits per heavy atom. The number of nitrogens with one attached hydrogen (secondary N) is 1. The Kier molecular flexibility index (Phi) is 4.98. The highest BCUT2D eigenvalue weighted by atomic mass is 16.5. The molecule has 1 saturated heterocycles. The zero-order valence-electron chi connectivity index (χ0n) is 16.4. The van der Waals surface area contributed by atoms with Crippen LogP contribution in [0.5, 0.6) is 0 Å². The molecule has 0 bridgehead atoms. The second-order valence-electron chi connectivity index (χ2n) is 8.11. The van der Waals surface area contributed by atoms with Gasteiger partial charge in [-0.15, -0.1) is 0 Å². The lowest BCUT2D eigenvalue weighted by Gasteiger charge is -2.20. The first-order valence-electron chi connectivity index (χ1n) is 10.5. The van der Waals surface area contributed by atoms with Crippen molar-refractivity contribution in [2.24, 2.45) is 5.92 Å². The van der Waals surface area contributed by atoms with E-state index in [4.69, 9.17) is 4.74 Å². The number of amides is 1. The van der Waals surface area contributed by atoms with Crippen molar-refractivity contribution in [3.8, 4) is 0 Å². The minimum atomic E-state index is -0.0500. The molecule has 1 aromatic carbocycles. The highest BCUT2D eigenvalue weighted by molar-refractivity contribution is 5.94. The predicted octanol–water partition coefficient (Wildman–Crippen LogP) is 3.50. The Hall–Kier alpha value is -2.79. The highest BCUT2D eigenvalue weighted by Crippen LogP contribution is 2.25. The van der Waals surface area contributed by atoms with Crippen LogP contribution in [0.15, 0.2) is 48.8 Å². The fraction of sp³-hybridized carbons (Fsp3) is 0.375. The molecule has 0 unspecified atom stereocenters. The fourth-order valence-corrected chi connectivity index (χ4v) is 4.54. The lowest BCUT2D eigenvalue weighted by Crippen LogP contribution is -2.40. The molecule has 1 aliphatic heterocycles. The average Bonchev–Trinajstić information content (AvgIpc) is 3.20. The van der Waals surface area contributed by atoms with E-state index < -0.39 is 0 Å². The Labute approximate surface area is 170 Å². The maximum Gasteiger partial charge on any atom is 0.253 e. The summed E-state index contributed by atoms with van der Waals surface area (Å²) in [6.07, 6.45) is 8.86. The maximum absolute atomic E-state index is 12.9. The van der Waals surface area contributed by atoms with Crippen molar-refractivity contribution in [1.29, 1.82) is 0 Å². The standard InChI is InChI=1S/C24H25N3O2/c28-24(18-12-17-5-1-3-7-21(17)26-13-18)27-23-15-29-14-19(23)11-16-9-10-25-22-8-4-2-6-20(16)22/h2,4,6,8-10,12-13,19,23H,1,3,5,7,11,14-15H2,(H,27,28)/t19-,23-/m1/s1. The van der Waals surface area contributed by atoms with E-state index in [9.17, 15) is 4.79 Å². The number of carbonyl (C=O) groups excluding carboxylic acids is 1. The predicted molar refractivity (Wildman–Crippen MR) is 112 cm³/mol. The zero-order chi connectivity index (χ0) is 19.6. The number of hydrogen-bond acceptors (Lipinski definition) is 4. The summed E-state index contributed by atoms with van der Waals surface area (Å²) in [4.78, 5) is 21.9. The molecule has 1 fully saturated rings. The van der Waals surface area contributed by atoms with Crippen LogP contribution in [0, 0.1) is 5.92 Å². The molecule has 1 aliphatic carbocycles. The van der Waals surface area contributed by atoms with Crippen LogP contribution in [0.2, 0.25) is 0 Å². The van der Waals surface area contributed by atoms with E-state index in [-0.39, 0.29) is 17.9 Å². The van der Waals surface area contributed by atoms with Gasteiger partial charge in [0.1, 0.15) is 0 Å². The molecule has 0 spiro atoms. The topological polar surface area (TPSA) is 64.1 Å². The third kappa shape index (κ3) is 3.75. The first-order valence-corrected chi connectivity index (χ1v) is 10.5. The van der Waals surface area contributed by atoms with Gasteiger partial charge in [-0.1, -0.05) is 18.2 Å². The number of ether oxygens (including phenoxy) is 1. The summed E-state index contributed by atoms with van der Waals surface area (Å²) in [5.41, 5.74) is 5.29. The van der Waals surface area contributed by atoms with Gasteiger partial charge in [0.15, 0.2) is 0 Å². The van der Waals surface area contributed by atoms with E-state index in [1.54, 1.807) is 6.20 Å². The van der Waals surface area contributed by atoms with E-state index in [2.05, 4.69) is 27.4 Å². The number of rotatable bonds is 4. The number of fused-ring (bicyclic) bond motifs is 2. The van der Waals surface area contributed by atoms with Gasteiger partial charge in [0.05, 0.1) is 30.3 Å². The molecule has 1 amide bonds. The van der Waals surface area contributed by atoms with E-state index in [1.807, 2.05) is 30.5 Å². The Morgan fingerprint density at radius 1 is 1.10 bits per heavy atom. The van der Waals surface area contributed by atoms with Crippen LogP contribution in [0.3, 0.4) is 0 Å². The fourth-order valence-electron chi connectivity index (χ4n) is 4.54. The molecule has 2 atom stereocenters. The van der Waals surface area contributed by atoms with Gasteiger partial charge in [-0.2, -0.15) is 0 Å². The summed E-state index contributed by atoms with van der Waals surface area (Å²) < 4.78 is 5.74. The second kappa shape index (κ2) is 7.91. The van der Waals surface area contributed by atoms with Crippen molar-refractivity contribution >= 4 is 16.8 Å². The first kappa shape index (κ1) is 18.3. The van der Waals surface area contributed by atoms with Gasteiger partial charge in [0, 0.05) is 29.4 Å². The molecule has 5 nitrogen and oxygen atoms in total. The van der Waals surface area contributed by atoms with Gasteiger partial charge >= 0.3 is 0 Å². The number of aryl methyl sites for hydroxylation is 2. The molecule has 148 valence electrons. The first-order chi connectivity index (χ1) is 14.3. The molecule has 3 heterocycles. The van der Waals surface area contributed by atoms with Crippen molar-refractivity contribution in [3.63, 3.8) is 0 Å². The molecule has 3 aromatic rings. The minimum absolute atomic E-state index is 0.00506. The maximum atomic E-state index is 12.9. The Balaban J connectivity index is 1.31. The lowest BCUT2D eigenvalue weighted by molar-refractivity contribution is 0.0924. The van der Waals surface area contributed by atoms with Gasteiger partial charge in [-0.05, 0) is 61.4 Å². The summed E-state index contributed by atoms with van der Waals surface area (Å²) in [6.45, 7) is 1.21. The van der Waals surface area contributed by atoms with E-state index >= 15 is 0 Å². The zero-order valence-corrected chi connectivity index (χ0v) is 16.4. The van der Waals surface area contributed by atoms with Crippen molar-refractivity contribution < 1.29 is 9.53 Å². The number of para-hydroxylation sites is 1. The number of carbonyl (C=O) groups is 1. The summed E-state index contributed by atoms with van der Waals surface area (Å²) >= 11 is 0. The van der Waals surface area contributed by atoms with E-state index in [1.165, 1.54) is 29.4 Å². The average molecular weight is 387 g/mol. The van der Waals surface area contributed by atoms with Gasteiger partial charge in [0.25, 0.3) is 5.91 Å². The summed E-state index contributed by atoms with van der Waals surface area (Å²) in [7, 11) is 0. The highest BCUT2D eigenvalue weighted by Gasteiger charge is 2.30. The second-order valence-corrected chi connectivity index (χ2v) is 8.11. The third-order valence-corrected chi connectivity index (χ3v) is 6.17. The molecule has 0 radical (unpaired) electrons. The number of hydrogen-bond donors (Lipinski definition) is 1. The van der Waals surface area contributed by atoms with Crippen LogP contribution in [-0.4, -0.2) is 35.1 Å². The Morgan fingerprint density at radius 2 is 2.00 bits per heavy atom. The number of benzene rings is 1. The monoisotopic (exact) mass is 387 g/mol. The molecule has 2 aliphatic rings. The summed E-state index contributed by atoms with van der Waals surface area (Å²) in [6, 6.07) is 12.3. The smallest absolute Gasteiger partial charge is 0.253 e. The summed E-state index contributed by atoms with van der Waals surface area (Å²) in [5, 5.41) is 4.37. The molecule has 29 heavy (non-hydrogen) atoms. The molecular formula is C24H25N3O2. The van der Waals surface area contributed by atoms with Crippen LogP contribution in [0.25, 0.3) is 10.9 Å². The van der Waals surface area contributed by atoms with Crippen LogP contribution in [-0.2, 0) is 24.0 Å². The van der Waals surface area contributed by atoms with Crippen LogP contribution in [0.4, 0.5) is 0 Å². The number of pyridine rings is 2. The van der Waals surface area contributed by atoms with Crippen molar-refractivity contribution in [2.45, 2.75) is 38.1 Å². The summed E-state index contributed by atoms with van der Waals surface area (Å²) in [5.74, 6) is 0.196. The van der Waals surface area contributed by atoms with Crippen molar-refractivity contribution in [3.05, 3.63) is 71.2 Å². The third-order valence-electron chi connectivity index (χ3n) is 6.17. The normalized spacial score (nSPS) is 21.1. The molecular weight excluding hydrogens is 362 g/mol. The van der Waals surface area contributed by atoms with E-state index in [0.717, 1.165) is 30.5 Å². The van der Waals surface area contributed by atoms with Gasteiger partial charge in [0.2, 0.25) is 0 Å².